The van der Waals surface area contributed by atoms with Gasteiger partial charge in [0.2, 0.25) is 0 Å². The van der Waals surface area contributed by atoms with Gasteiger partial charge in [0.05, 0.1) is 20.6 Å². The van der Waals surface area contributed by atoms with E-state index < -0.39 is 59.5 Å². The number of aldehydes is 1. The Kier molecular flexibility index (Phi) is 51.7. The Morgan fingerprint density at radius 3 is 1.22 bits per heavy atom. The van der Waals surface area contributed by atoms with Crippen LogP contribution in [0.2, 0.25) is 0 Å². The molecule has 0 aliphatic rings. The van der Waals surface area contributed by atoms with E-state index in [0.29, 0.717) is 32.1 Å². The van der Waals surface area contributed by atoms with E-state index in [0.717, 1.165) is 44.0 Å². The zero-order chi connectivity index (χ0) is 69.3. The zero-order valence-corrected chi connectivity index (χ0v) is 58.9. The number of allylic oxidation sites excluding steroid dienone is 5. The van der Waals surface area contributed by atoms with Gasteiger partial charge in [-0.1, -0.05) is 170 Å². The van der Waals surface area contributed by atoms with Gasteiger partial charge in [-0.3, -0.25) is 10.1 Å². The van der Waals surface area contributed by atoms with E-state index in [2.05, 4.69) is 107 Å². The fourth-order valence-corrected chi connectivity index (χ4v) is 5.66. The topological polar surface area (TPSA) is 309 Å². The Morgan fingerprint density at radius 2 is 0.944 bits per heavy atom. The molecule has 508 valence electrons. The van der Waals surface area contributed by atoms with Gasteiger partial charge in [-0.05, 0) is 118 Å². The van der Waals surface area contributed by atoms with E-state index in [9.17, 15) is 38.4 Å². The van der Waals surface area contributed by atoms with Gasteiger partial charge in [0.25, 0.3) is 0 Å². The third-order valence-electron chi connectivity index (χ3n) is 13.2. The van der Waals surface area contributed by atoms with Crippen molar-refractivity contribution in [3.63, 3.8) is 0 Å². The largest absolute Gasteiger partial charge is 1.00 e. The summed E-state index contributed by atoms with van der Waals surface area (Å²) in [4.78, 5) is 89.6. The SMILES string of the molecule is C=CC(C)(C)C/C=C(\NC(=O)OCc1ccccc1)C(=O)OC.C=CC(C)(C)CC(=O)OC.C=CC(C)(C)CC=O.C=CC(C)(C)CCO.CCC(C)(C)CCC(NC(=O)OC(C)(C)C)C(=O)O.CCC(C)(C)CCC(NC(=O)OC(C)(C)C)C(=O)O.[Li+].[OH-]. The molecule has 89 heavy (non-hydrogen) atoms. The molecule has 0 aromatic heterocycles. The molecular weight excluding hydrogens is 1140 g/mol. The maximum Gasteiger partial charge on any atom is 1.00 e. The van der Waals surface area contributed by atoms with Crippen molar-refractivity contribution in [3.05, 3.63) is 98.3 Å². The van der Waals surface area contributed by atoms with Crippen LogP contribution in [0.5, 0.6) is 0 Å². The summed E-state index contributed by atoms with van der Waals surface area (Å²) in [5.41, 5.74) is -0.448. The molecule has 0 bridgehead atoms. The van der Waals surface area contributed by atoms with Gasteiger partial charge in [0, 0.05) is 13.0 Å². The van der Waals surface area contributed by atoms with Gasteiger partial charge in [0.1, 0.15) is 41.9 Å². The predicted octanol–water partition coefficient (Wildman–Crippen LogP) is 11.9. The number of amides is 3. The van der Waals surface area contributed by atoms with Crippen LogP contribution in [0, 0.1) is 32.5 Å². The second-order valence-corrected chi connectivity index (χ2v) is 27.1. The summed E-state index contributed by atoms with van der Waals surface area (Å²) in [7, 11) is 2.65. The molecule has 0 spiro atoms. The second-order valence-electron chi connectivity index (χ2n) is 27.1. The molecule has 1 rings (SSSR count). The quantitative estimate of drug-likeness (QED) is 0.0113. The molecule has 21 heteroatoms. The van der Waals surface area contributed by atoms with E-state index in [4.69, 9.17) is 29.5 Å². The molecular formula is C68H118LiN3O17. The number of hydrogen-bond acceptors (Lipinski definition) is 15. The molecule has 0 saturated carbocycles. The van der Waals surface area contributed by atoms with Gasteiger partial charge in [0.15, 0.2) is 0 Å². The van der Waals surface area contributed by atoms with E-state index in [1.807, 2.05) is 78.0 Å². The number of rotatable bonds is 28. The molecule has 2 atom stereocenters. The van der Waals surface area contributed by atoms with Gasteiger partial charge < -0.3 is 59.9 Å². The number of methoxy groups -OCH3 is 2. The Morgan fingerprint density at radius 1 is 0.562 bits per heavy atom. The summed E-state index contributed by atoms with van der Waals surface area (Å²) in [5, 5.41) is 34.0. The van der Waals surface area contributed by atoms with Crippen molar-refractivity contribution in [3.8, 4) is 0 Å². The Hall–Kier alpha value is -6.20. The molecule has 1 aromatic carbocycles. The zero-order valence-electron chi connectivity index (χ0n) is 58.9. The monoisotopic (exact) mass is 1260 g/mol. The van der Waals surface area contributed by atoms with Crippen molar-refractivity contribution >= 4 is 48.4 Å². The molecule has 0 radical (unpaired) electrons. The minimum absolute atomic E-state index is 0. The van der Waals surface area contributed by atoms with Crippen molar-refractivity contribution in [1.82, 2.24) is 16.0 Å². The maximum atomic E-state index is 11.8. The van der Waals surface area contributed by atoms with Crippen LogP contribution in [-0.2, 0) is 54.3 Å². The number of nitrogens with one attached hydrogen (secondary N) is 3. The van der Waals surface area contributed by atoms with E-state index in [-0.39, 0.29) is 81.7 Å². The van der Waals surface area contributed by atoms with Crippen LogP contribution in [0.25, 0.3) is 0 Å². The van der Waals surface area contributed by atoms with E-state index >= 15 is 0 Å². The van der Waals surface area contributed by atoms with Crippen LogP contribution in [0.3, 0.4) is 0 Å². The summed E-state index contributed by atoms with van der Waals surface area (Å²) >= 11 is 0. The summed E-state index contributed by atoms with van der Waals surface area (Å²) in [6.45, 7) is 53.7. The van der Waals surface area contributed by atoms with E-state index in [1.165, 1.54) is 14.2 Å². The average Bonchev–Trinajstić information content (AvgIpc) is 3.42. The summed E-state index contributed by atoms with van der Waals surface area (Å²) < 4.78 is 24.4. The molecule has 2 unspecified atom stereocenters. The number of ether oxygens (including phenoxy) is 5. The van der Waals surface area contributed by atoms with Crippen LogP contribution < -0.4 is 34.8 Å². The molecule has 0 saturated heterocycles. The first kappa shape index (κ1) is 96.4. The average molecular weight is 1260 g/mol. The van der Waals surface area contributed by atoms with Gasteiger partial charge in [-0.2, -0.15) is 0 Å². The van der Waals surface area contributed by atoms with Crippen LogP contribution in [0.15, 0.2) is 92.7 Å². The second kappa shape index (κ2) is 47.7. The third-order valence-corrected chi connectivity index (χ3v) is 13.2. The standard InChI is InChI=1S/C18H23NO4.2C14H27NO4.C8H14O2.C7H14O.C7H12O.Li.H2O/c1-5-18(2,3)12-11-15(16(20)22-4)19-17(21)23-13-14-9-7-6-8-10-14;2*1-7-14(5,6)9-8-10(11(16)17)15-12(18)19-13(2,3)4;1-5-8(2,3)6-7(9)10-4;2*1-4-7(2,3)5-6-8;;/h5-11H,1,12-13H2,2-4H3,(H,19,21);2*10H,7-9H2,1-6H3,(H,15,18)(H,16,17);5H,1,6H2,2-4H3;4,8H,1,5-6H2,2-3H3;4,6H,1,5H2,2-3H3;;1H2/q;;;;;;+1;/p-1/b15-11-;;;;;;;. The number of carboxylic acid groups (broad SMARTS) is 2. The van der Waals surface area contributed by atoms with Crippen molar-refractivity contribution in [2.45, 2.75) is 233 Å². The first-order valence-electron chi connectivity index (χ1n) is 29.4. The van der Waals surface area contributed by atoms with Crippen molar-refractivity contribution < 1.29 is 102 Å². The van der Waals surface area contributed by atoms with E-state index in [1.54, 1.807) is 65.8 Å². The molecule has 0 aliphatic carbocycles. The number of carbonyl (C=O) groups is 8. The van der Waals surface area contributed by atoms with Gasteiger partial charge >= 0.3 is 61.0 Å². The summed E-state index contributed by atoms with van der Waals surface area (Å²) in [6, 6.07) is 7.47. The third kappa shape index (κ3) is 59.2. The fraction of sp³-hybridized carbons (Fsp3) is 0.647. The van der Waals surface area contributed by atoms with Crippen molar-refractivity contribution in [2.24, 2.45) is 32.5 Å². The summed E-state index contributed by atoms with van der Waals surface area (Å²) in [6.07, 6.45) is 14.1. The van der Waals surface area contributed by atoms with Crippen LogP contribution in [0.1, 0.15) is 208 Å². The Labute approximate surface area is 547 Å². The van der Waals surface area contributed by atoms with Crippen LogP contribution in [0.4, 0.5) is 14.4 Å². The Balaban J connectivity index is -0.000000189. The summed E-state index contributed by atoms with van der Waals surface area (Å²) in [5.74, 6) is -2.87. The van der Waals surface area contributed by atoms with Crippen molar-refractivity contribution in [2.75, 3.05) is 20.8 Å². The number of aliphatic hydroxyl groups is 1. The first-order chi connectivity index (χ1) is 39.6. The van der Waals surface area contributed by atoms with Crippen LogP contribution >= 0.6 is 0 Å². The number of aliphatic hydroxyl groups excluding tert-OH is 1. The molecule has 3 amide bonds. The van der Waals surface area contributed by atoms with Crippen LogP contribution in [-0.4, -0.2) is 113 Å². The number of aliphatic carboxylic acids is 2. The number of benzene rings is 1. The minimum atomic E-state index is -1.03. The number of esters is 2. The molecule has 0 fully saturated rings. The maximum absolute atomic E-state index is 11.8. The number of carboxylic acids is 2. The number of hydrogen-bond donors (Lipinski definition) is 6. The number of alkyl carbamates (subject to hydrolysis) is 3. The minimum Gasteiger partial charge on any atom is -0.870 e. The predicted molar refractivity (Wildman–Crippen MR) is 350 cm³/mol. The molecule has 7 N–H and O–H groups in total. The Bertz CT molecular complexity index is 2210. The number of carbonyl (C=O) groups excluding carboxylic acids is 6. The van der Waals surface area contributed by atoms with Gasteiger partial charge in [-0.15, -0.1) is 26.3 Å². The molecule has 0 heterocycles. The molecule has 20 nitrogen and oxygen atoms in total. The first-order valence-corrected chi connectivity index (χ1v) is 29.4. The van der Waals surface area contributed by atoms with Crippen molar-refractivity contribution in [1.29, 1.82) is 0 Å². The molecule has 1 aromatic rings. The smallest absolute Gasteiger partial charge is 0.870 e. The van der Waals surface area contributed by atoms with Gasteiger partial charge in [-0.25, -0.2) is 28.8 Å². The molecule has 0 aliphatic heterocycles. The fourth-order valence-electron chi connectivity index (χ4n) is 5.66. The normalized spacial score (nSPS) is 12.1.